The highest BCUT2D eigenvalue weighted by atomic mass is 19.4. The number of aromatic nitrogens is 4. The van der Waals surface area contributed by atoms with E-state index in [0.29, 0.717) is 22.3 Å². The van der Waals surface area contributed by atoms with Gasteiger partial charge in [0, 0.05) is 31.8 Å². The van der Waals surface area contributed by atoms with Crippen LogP contribution in [-0.4, -0.2) is 55.8 Å². The van der Waals surface area contributed by atoms with E-state index in [1.54, 1.807) is 20.8 Å². The lowest BCUT2D eigenvalue weighted by molar-refractivity contribution is -0.142. The first kappa shape index (κ1) is 26.4. The summed E-state index contributed by atoms with van der Waals surface area (Å²) in [5.41, 5.74) is -4.99. The number of halogens is 7. The molecule has 0 aliphatic carbocycles. The molecule has 0 spiro atoms. The molecule has 1 N–H and O–H groups in total. The molecule has 4 rings (SSSR count). The Labute approximate surface area is 205 Å². The zero-order valence-electron chi connectivity index (χ0n) is 19.7. The van der Waals surface area contributed by atoms with Gasteiger partial charge in [-0.3, -0.25) is 4.98 Å². The fraction of sp³-hybridized carbons (Fsp3) is 0.455. The number of nitrogens with one attached hydrogen (secondary N) is 1. The summed E-state index contributed by atoms with van der Waals surface area (Å²) in [4.78, 5) is 21.1. The summed E-state index contributed by atoms with van der Waals surface area (Å²) in [6, 6.07) is 3.44. The number of rotatable bonds is 4. The van der Waals surface area contributed by atoms with Crippen LogP contribution in [-0.2, 0) is 22.5 Å². The van der Waals surface area contributed by atoms with Gasteiger partial charge in [-0.25, -0.2) is 14.2 Å². The van der Waals surface area contributed by atoms with Crippen molar-refractivity contribution in [3.8, 4) is 0 Å². The number of alkyl halides is 6. The van der Waals surface area contributed by atoms with Gasteiger partial charge in [-0.1, -0.05) is 0 Å². The molecule has 1 amide bonds. The number of amides is 1. The van der Waals surface area contributed by atoms with Crippen LogP contribution in [0.15, 0.2) is 30.5 Å². The highest BCUT2D eigenvalue weighted by molar-refractivity contribution is 5.70. The number of ether oxygens (including phenoxy) is 1. The van der Waals surface area contributed by atoms with Crippen LogP contribution in [0, 0.1) is 5.82 Å². The standard InChI is InChI=1S/C22H21F7N6O2/c1-19(2,3)37-18(36)34-10-20(11-34,13-5-4-12(23)8-30-13)9-31-16-6-14(21(24,25)26)32-17-7-15(22(27,28)29)33-35(16)17/h4-8,31H,9-11H2,1-3H3. The lowest BCUT2D eigenvalue weighted by atomic mass is 9.76. The fourth-order valence-corrected chi connectivity index (χ4v) is 3.84. The molecule has 37 heavy (non-hydrogen) atoms. The Balaban J connectivity index is 1.68. The average Bonchev–Trinajstić information content (AvgIpc) is 3.17. The third-order valence-electron chi connectivity index (χ3n) is 5.53. The van der Waals surface area contributed by atoms with Crippen molar-refractivity contribution in [3.05, 3.63) is 53.4 Å². The Kier molecular flexibility index (Phi) is 6.23. The monoisotopic (exact) mass is 534 g/mol. The summed E-state index contributed by atoms with van der Waals surface area (Å²) in [5.74, 6) is -1.04. The fourth-order valence-electron chi connectivity index (χ4n) is 3.84. The smallest absolute Gasteiger partial charge is 0.435 e. The quantitative estimate of drug-likeness (QED) is 0.480. The summed E-state index contributed by atoms with van der Waals surface area (Å²) in [6.45, 7) is 4.85. The van der Waals surface area contributed by atoms with Gasteiger partial charge in [0.2, 0.25) is 0 Å². The van der Waals surface area contributed by atoms with Gasteiger partial charge in [-0.05, 0) is 32.9 Å². The molecule has 0 saturated carbocycles. The van der Waals surface area contributed by atoms with Crippen LogP contribution in [0.4, 0.5) is 41.3 Å². The number of hydrogen-bond acceptors (Lipinski definition) is 6. The minimum atomic E-state index is -4.94. The molecule has 1 saturated heterocycles. The number of nitrogens with zero attached hydrogens (tertiary/aromatic N) is 5. The molecule has 1 fully saturated rings. The van der Waals surface area contributed by atoms with E-state index in [1.807, 2.05) is 0 Å². The Bertz CT molecular complexity index is 1310. The molecule has 0 radical (unpaired) electrons. The molecule has 3 aromatic heterocycles. The van der Waals surface area contributed by atoms with Gasteiger partial charge >= 0.3 is 18.4 Å². The van der Waals surface area contributed by atoms with Crippen LogP contribution >= 0.6 is 0 Å². The molecular formula is C22H21F7N6O2. The van der Waals surface area contributed by atoms with Gasteiger partial charge in [-0.2, -0.15) is 36.0 Å². The maximum Gasteiger partial charge on any atom is 0.435 e. The number of hydrogen-bond donors (Lipinski definition) is 1. The molecule has 0 aromatic carbocycles. The normalized spacial score (nSPS) is 16.0. The minimum absolute atomic E-state index is 0.000802. The van der Waals surface area contributed by atoms with E-state index in [2.05, 4.69) is 20.4 Å². The van der Waals surface area contributed by atoms with E-state index in [0.717, 1.165) is 12.3 Å². The predicted molar refractivity (Wildman–Crippen MR) is 115 cm³/mol. The Hall–Kier alpha value is -3.65. The highest BCUT2D eigenvalue weighted by Crippen LogP contribution is 2.37. The molecule has 0 bridgehead atoms. The summed E-state index contributed by atoms with van der Waals surface area (Å²) < 4.78 is 99.3. The van der Waals surface area contributed by atoms with Crippen molar-refractivity contribution in [3.63, 3.8) is 0 Å². The van der Waals surface area contributed by atoms with E-state index in [-0.39, 0.29) is 19.6 Å². The second-order valence-corrected chi connectivity index (χ2v) is 9.65. The van der Waals surface area contributed by atoms with Crippen molar-refractivity contribution in [1.82, 2.24) is 24.5 Å². The van der Waals surface area contributed by atoms with Crippen LogP contribution in [0.2, 0.25) is 0 Å². The molecular weight excluding hydrogens is 513 g/mol. The molecule has 4 heterocycles. The maximum absolute atomic E-state index is 13.5. The predicted octanol–water partition coefficient (Wildman–Crippen LogP) is 4.90. The molecule has 0 unspecified atom stereocenters. The van der Waals surface area contributed by atoms with Crippen molar-refractivity contribution in [1.29, 1.82) is 0 Å². The number of likely N-dealkylation sites (tertiary alicyclic amines) is 1. The Morgan fingerprint density at radius 2 is 1.70 bits per heavy atom. The zero-order valence-corrected chi connectivity index (χ0v) is 19.7. The van der Waals surface area contributed by atoms with Gasteiger partial charge in [0.25, 0.3) is 0 Å². The van der Waals surface area contributed by atoms with Crippen LogP contribution < -0.4 is 5.32 Å². The van der Waals surface area contributed by atoms with Crippen molar-refractivity contribution in [2.75, 3.05) is 25.0 Å². The lowest BCUT2D eigenvalue weighted by Crippen LogP contribution is -2.65. The van der Waals surface area contributed by atoms with E-state index >= 15 is 0 Å². The Morgan fingerprint density at radius 3 is 2.24 bits per heavy atom. The number of carbonyl (C=O) groups is 1. The summed E-state index contributed by atoms with van der Waals surface area (Å²) in [7, 11) is 0. The average molecular weight is 534 g/mol. The lowest BCUT2D eigenvalue weighted by Gasteiger charge is -2.49. The number of pyridine rings is 1. The maximum atomic E-state index is 13.5. The molecule has 8 nitrogen and oxygen atoms in total. The van der Waals surface area contributed by atoms with Gasteiger partial charge in [0.05, 0.1) is 17.3 Å². The molecule has 15 heteroatoms. The third-order valence-corrected chi connectivity index (χ3v) is 5.53. The van der Waals surface area contributed by atoms with Crippen LogP contribution in [0.5, 0.6) is 0 Å². The van der Waals surface area contributed by atoms with E-state index in [9.17, 15) is 35.5 Å². The molecule has 3 aromatic rings. The van der Waals surface area contributed by atoms with Crippen molar-refractivity contribution < 1.29 is 40.3 Å². The van der Waals surface area contributed by atoms with Gasteiger partial charge in [0.15, 0.2) is 17.0 Å². The van der Waals surface area contributed by atoms with Gasteiger partial charge < -0.3 is 15.0 Å². The van der Waals surface area contributed by atoms with Crippen LogP contribution in [0.1, 0.15) is 37.9 Å². The molecule has 1 aliphatic heterocycles. The molecule has 1 aliphatic rings. The van der Waals surface area contributed by atoms with Crippen molar-refractivity contribution in [2.24, 2.45) is 0 Å². The topological polar surface area (TPSA) is 84.6 Å². The summed E-state index contributed by atoms with van der Waals surface area (Å²) in [6.07, 6.45) is -9.55. The largest absolute Gasteiger partial charge is 0.444 e. The number of fused-ring (bicyclic) bond motifs is 1. The first-order chi connectivity index (χ1) is 17.0. The first-order valence-corrected chi connectivity index (χ1v) is 10.9. The highest BCUT2D eigenvalue weighted by Gasteiger charge is 2.49. The SMILES string of the molecule is CC(C)(C)OC(=O)N1CC(CNc2cc(C(F)(F)F)nc3cc(C(F)(F)F)nn23)(c2ccc(F)cn2)C1. The molecule has 0 atom stereocenters. The van der Waals surface area contributed by atoms with E-state index in [4.69, 9.17) is 4.74 Å². The van der Waals surface area contributed by atoms with Crippen LogP contribution in [0.3, 0.4) is 0 Å². The van der Waals surface area contributed by atoms with Gasteiger partial charge in [0.1, 0.15) is 17.2 Å². The van der Waals surface area contributed by atoms with Crippen LogP contribution in [0.25, 0.3) is 5.65 Å². The summed E-state index contributed by atoms with van der Waals surface area (Å²) >= 11 is 0. The van der Waals surface area contributed by atoms with Gasteiger partial charge in [-0.15, -0.1) is 0 Å². The summed E-state index contributed by atoms with van der Waals surface area (Å²) in [5, 5.41) is 6.08. The number of anilines is 1. The third kappa shape index (κ3) is 5.54. The number of carbonyl (C=O) groups excluding carboxylic acids is 1. The van der Waals surface area contributed by atoms with Crippen molar-refractivity contribution >= 4 is 17.6 Å². The second kappa shape index (κ2) is 8.73. The zero-order chi connectivity index (χ0) is 27.4. The van der Waals surface area contributed by atoms with E-state index < -0.39 is 58.1 Å². The second-order valence-electron chi connectivity index (χ2n) is 9.65. The minimum Gasteiger partial charge on any atom is -0.444 e. The molecule has 200 valence electrons. The van der Waals surface area contributed by atoms with Crippen molar-refractivity contribution in [2.45, 2.75) is 44.1 Å². The Morgan fingerprint density at radius 1 is 1.05 bits per heavy atom. The first-order valence-electron chi connectivity index (χ1n) is 10.9. The van der Waals surface area contributed by atoms with E-state index in [1.165, 1.54) is 11.0 Å².